The lowest BCUT2D eigenvalue weighted by Gasteiger charge is -2.20. The summed E-state index contributed by atoms with van der Waals surface area (Å²) in [4.78, 5) is 0. The summed E-state index contributed by atoms with van der Waals surface area (Å²) in [7, 11) is -0.103. The minimum Gasteiger partial charge on any atom is -0.236 e. The average molecular weight is 231 g/mol. The lowest BCUT2D eigenvalue weighted by molar-refractivity contribution is 0.438. The molecule has 1 unspecified atom stereocenters. The van der Waals surface area contributed by atoms with Crippen LogP contribution in [0.4, 0.5) is 0 Å². The van der Waals surface area contributed by atoms with Crippen molar-refractivity contribution in [1.29, 1.82) is 0 Å². The van der Waals surface area contributed by atoms with Crippen molar-refractivity contribution in [2.75, 3.05) is 0 Å². The Hall–Kier alpha value is -0.110. The predicted octanol–water partition coefficient (Wildman–Crippen LogP) is 4.93. The summed E-state index contributed by atoms with van der Waals surface area (Å²) in [6.45, 7) is 17.2. The smallest absolute Gasteiger partial charge is 0.0220 e. The highest BCUT2D eigenvalue weighted by atomic mass is 32.2. The molecular formula is C13H29NS. The molecule has 0 N–H and O–H groups in total. The van der Waals surface area contributed by atoms with Gasteiger partial charge in [0, 0.05) is 11.0 Å². The molecule has 0 radical (unpaired) electrons. The van der Waals surface area contributed by atoms with Gasteiger partial charge in [-0.15, -0.1) is 0 Å². The van der Waals surface area contributed by atoms with E-state index in [0.717, 1.165) is 6.42 Å². The van der Waals surface area contributed by atoms with Crippen LogP contribution in [0.1, 0.15) is 61.8 Å². The molecule has 0 aliphatic rings. The van der Waals surface area contributed by atoms with Gasteiger partial charge in [0.05, 0.1) is 0 Å². The van der Waals surface area contributed by atoms with Crippen LogP contribution in [0.3, 0.4) is 0 Å². The highest BCUT2D eigenvalue weighted by molar-refractivity contribution is 8.14. The molecule has 0 heterocycles. The van der Waals surface area contributed by atoms with Crippen LogP contribution in [0.15, 0.2) is 4.40 Å². The Morgan fingerprint density at radius 2 is 1.47 bits per heavy atom. The topological polar surface area (TPSA) is 12.4 Å². The Morgan fingerprint density at radius 1 is 1.07 bits per heavy atom. The van der Waals surface area contributed by atoms with Crippen molar-refractivity contribution < 1.29 is 0 Å². The molecule has 15 heavy (non-hydrogen) atoms. The van der Waals surface area contributed by atoms with E-state index in [9.17, 15) is 0 Å². The second-order valence-electron chi connectivity index (χ2n) is 5.53. The second-order valence-corrected chi connectivity index (χ2v) is 7.69. The zero-order chi connectivity index (χ0) is 12.7. The van der Waals surface area contributed by atoms with Crippen molar-refractivity contribution in [1.82, 2.24) is 0 Å². The third kappa shape index (κ3) is 11.8. The molecule has 0 aromatic carbocycles. The fourth-order valence-electron chi connectivity index (χ4n) is 0.559. The van der Waals surface area contributed by atoms with E-state index in [1.165, 1.54) is 0 Å². The number of nitrogens with zero attached hydrogens (tertiary/aromatic N) is 1. The van der Waals surface area contributed by atoms with E-state index in [1.807, 2.05) is 20.1 Å². The van der Waals surface area contributed by atoms with Gasteiger partial charge in [0.1, 0.15) is 0 Å². The van der Waals surface area contributed by atoms with Gasteiger partial charge in [-0.2, -0.15) is 0 Å². The third-order valence-corrected chi connectivity index (χ3v) is 3.43. The average Bonchev–Trinajstić information content (AvgIpc) is 2.04. The van der Waals surface area contributed by atoms with Crippen LogP contribution in [0.25, 0.3) is 0 Å². The van der Waals surface area contributed by atoms with Gasteiger partial charge in [-0.05, 0) is 32.6 Å². The summed E-state index contributed by atoms with van der Waals surface area (Å²) in [6.07, 6.45) is 3.06. The number of hydrogen-bond donors (Lipinski definition) is 0. The lowest BCUT2D eigenvalue weighted by Crippen LogP contribution is -2.09. The first-order chi connectivity index (χ1) is 6.63. The van der Waals surface area contributed by atoms with Crippen LogP contribution in [0.2, 0.25) is 0 Å². The van der Waals surface area contributed by atoms with Crippen LogP contribution in [0.5, 0.6) is 0 Å². The fraction of sp³-hybridized carbons (Fsp3) is 0.846. The van der Waals surface area contributed by atoms with Gasteiger partial charge < -0.3 is 0 Å². The Labute approximate surface area is 99.4 Å². The van der Waals surface area contributed by atoms with Crippen LogP contribution in [0, 0.1) is 5.41 Å². The highest BCUT2D eigenvalue weighted by Crippen LogP contribution is 2.30. The van der Waals surface area contributed by atoms with Gasteiger partial charge in [-0.3, -0.25) is 0 Å². The molecule has 0 saturated carbocycles. The van der Waals surface area contributed by atoms with E-state index < -0.39 is 0 Å². The van der Waals surface area contributed by atoms with Gasteiger partial charge in [-0.1, -0.05) is 51.2 Å². The van der Waals surface area contributed by atoms with Gasteiger partial charge in [0.2, 0.25) is 0 Å². The molecule has 1 nitrogen and oxygen atoms in total. The van der Waals surface area contributed by atoms with E-state index in [4.69, 9.17) is 0 Å². The molecule has 0 aliphatic heterocycles. The van der Waals surface area contributed by atoms with Crippen LogP contribution in [-0.4, -0.2) is 16.8 Å². The molecule has 0 amide bonds. The maximum absolute atomic E-state index is 4.47. The van der Waals surface area contributed by atoms with Crippen molar-refractivity contribution in [3.05, 3.63) is 0 Å². The lowest BCUT2D eigenvalue weighted by atomic mass is 9.93. The van der Waals surface area contributed by atoms with E-state index in [-0.39, 0.29) is 15.4 Å². The zero-order valence-corrected chi connectivity index (χ0v) is 12.7. The molecule has 0 aliphatic carbocycles. The molecule has 0 bridgehead atoms. The molecule has 0 rings (SSSR count). The monoisotopic (exact) mass is 231 g/mol. The first kappa shape index (κ1) is 17.3. The predicted molar refractivity (Wildman–Crippen MR) is 78.4 cm³/mol. The summed E-state index contributed by atoms with van der Waals surface area (Å²) in [5.41, 5.74) is 0.339. The molecule has 0 aromatic rings. The van der Waals surface area contributed by atoms with E-state index >= 15 is 0 Å². The van der Waals surface area contributed by atoms with Gasteiger partial charge >= 0.3 is 0 Å². The normalized spacial score (nSPS) is 14.7. The maximum Gasteiger partial charge on any atom is 0.0220 e. The second kappa shape index (κ2) is 7.21. The maximum atomic E-state index is 4.47. The minimum atomic E-state index is -0.103. The summed E-state index contributed by atoms with van der Waals surface area (Å²) < 4.78 is 4.68. The highest BCUT2D eigenvalue weighted by Gasteiger charge is 2.12. The minimum absolute atomic E-state index is 0.103. The fourth-order valence-corrected chi connectivity index (χ4v) is 1.13. The van der Waals surface area contributed by atoms with Crippen LogP contribution >= 0.6 is 10.7 Å². The van der Waals surface area contributed by atoms with Crippen molar-refractivity contribution in [3.63, 3.8) is 0 Å². The molecule has 0 saturated heterocycles. The largest absolute Gasteiger partial charge is 0.236 e. The van der Waals surface area contributed by atoms with E-state index in [1.54, 1.807) is 0 Å². The molecule has 0 spiro atoms. The van der Waals surface area contributed by atoms with Gasteiger partial charge in [-0.25, -0.2) is 4.40 Å². The first-order valence-electron chi connectivity index (χ1n) is 5.70. The molecule has 2 heteroatoms. The summed E-state index contributed by atoms with van der Waals surface area (Å²) in [5, 5.41) is 0. The van der Waals surface area contributed by atoms with Crippen LogP contribution in [-0.2, 0) is 0 Å². The zero-order valence-electron chi connectivity index (χ0n) is 11.8. The summed E-state index contributed by atoms with van der Waals surface area (Å²) >= 11 is 0. The molecule has 0 aromatic heterocycles. The molecule has 0 fully saturated rings. The molecular weight excluding hydrogens is 202 g/mol. The summed E-state index contributed by atoms with van der Waals surface area (Å²) in [5.74, 6) is 4.06. The van der Waals surface area contributed by atoms with Crippen molar-refractivity contribution >= 4 is 22.8 Å². The Bertz CT molecular complexity index is 204. The Morgan fingerprint density at radius 3 is 1.73 bits per heavy atom. The van der Waals surface area contributed by atoms with Crippen molar-refractivity contribution in [3.8, 4) is 0 Å². The standard InChI is InChI=1S/C11H23NS.C2H6/c1-10(2,3)8-9-12-13(7)11(4,5)6;1-2/h9H,7-8H2,1-6H3;1-2H3. The Balaban J connectivity index is 0. The third-order valence-electron chi connectivity index (χ3n) is 1.61. The van der Waals surface area contributed by atoms with Crippen molar-refractivity contribution in [2.24, 2.45) is 9.81 Å². The number of hydrogen-bond acceptors (Lipinski definition) is 1. The SMILES string of the molecule is C=S(N=CCC(C)(C)C)C(C)(C)C.CC. The quantitative estimate of drug-likeness (QED) is 0.472. The van der Waals surface area contributed by atoms with E-state index in [0.29, 0.717) is 5.41 Å². The van der Waals surface area contributed by atoms with E-state index in [2.05, 4.69) is 51.8 Å². The Kier molecular flexibility index (Phi) is 8.31. The molecule has 92 valence electrons. The first-order valence-corrected chi connectivity index (χ1v) is 7.05. The van der Waals surface area contributed by atoms with Gasteiger partial charge in [0.15, 0.2) is 0 Å². The number of rotatable bonds is 2. The van der Waals surface area contributed by atoms with Crippen LogP contribution < -0.4 is 0 Å². The summed E-state index contributed by atoms with van der Waals surface area (Å²) in [6, 6.07) is 0. The van der Waals surface area contributed by atoms with Crippen molar-refractivity contribution in [2.45, 2.75) is 66.6 Å². The molecule has 1 atom stereocenters. The van der Waals surface area contributed by atoms with Gasteiger partial charge in [0.25, 0.3) is 0 Å².